The number of primary amides is 1. The number of carbonyl (C=O) groups is 3. The number of fused-ring (bicyclic) bond motifs is 1. The van der Waals surface area contributed by atoms with Gasteiger partial charge in [0.05, 0.1) is 7.11 Å². The highest BCUT2D eigenvalue weighted by atomic mass is 16.5. The maximum Gasteiger partial charge on any atom is 0.328 e. The number of esters is 1. The summed E-state index contributed by atoms with van der Waals surface area (Å²) in [5, 5.41) is 0. The van der Waals surface area contributed by atoms with E-state index in [2.05, 4.69) is 0 Å². The van der Waals surface area contributed by atoms with Crippen molar-refractivity contribution < 1.29 is 23.9 Å². The average Bonchev–Trinajstić information content (AvgIpc) is 2.70. The van der Waals surface area contributed by atoms with Gasteiger partial charge >= 0.3 is 5.97 Å². The molecule has 7 nitrogen and oxygen atoms in total. The van der Waals surface area contributed by atoms with E-state index in [1.807, 2.05) is 24.3 Å². The van der Waals surface area contributed by atoms with Crippen molar-refractivity contribution in [3.63, 3.8) is 0 Å². The lowest BCUT2D eigenvalue weighted by Crippen LogP contribution is -2.50. The Kier molecular flexibility index (Phi) is 5.40. The van der Waals surface area contributed by atoms with Crippen LogP contribution in [0, 0.1) is 0 Å². The molecule has 3 rings (SSSR count). The maximum atomic E-state index is 12.7. The number of carbonyl (C=O) groups excluding carboxylic acids is 3. The third-order valence-corrected chi connectivity index (χ3v) is 4.54. The molecule has 0 aromatic heterocycles. The van der Waals surface area contributed by atoms with Gasteiger partial charge in [-0.3, -0.25) is 9.59 Å². The Morgan fingerprint density at radius 1 is 1.07 bits per heavy atom. The second-order valence-corrected chi connectivity index (χ2v) is 6.21. The molecule has 0 unspecified atom stereocenters. The van der Waals surface area contributed by atoms with Crippen LogP contribution in [0.25, 0.3) is 0 Å². The summed E-state index contributed by atoms with van der Waals surface area (Å²) in [5.41, 5.74) is 7.57. The second kappa shape index (κ2) is 7.90. The third kappa shape index (κ3) is 4.08. The highest BCUT2D eigenvalue weighted by molar-refractivity contribution is 5.92. The molecule has 0 saturated heterocycles. The largest absolute Gasteiger partial charge is 0.484 e. The van der Waals surface area contributed by atoms with Crippen LogP contribution in [-0.4, -0.2) is 42.4 Å². The van der Waals surface area contributed by atoms with Gasteiger partial charge in [0.25, 0.3) is 5.91 Å². The number of amides is 2. The molecule has 1 atom stereocenters. The van der Waals surface area contributed by atoms with E-state index in [-0.39, 0.29) is 12.5 Å². The Bertz CT molecular complexity index is 863. The van der Waals surface area contributed by atoms with Crippen LogP contribution in [0.3, 0.4) is 0 Å². The van der Waals surface area contributed by atoms with Crippen molar-refractivity contribution in [2.45, 2.75) is 19.0 Å². The lowest BCUT2D eigenvalue weighted by atomic mass is 9.94. The van der Waals surface area contributed by atoms with Crippen LogP contribution in [0.5, 0.6) is 5.75 Å². The maximum absolute atomic E-state index is 12.7. The Hall–Kier alpha value is -3.35. The fraction of sp³-hybridized carbons (Fsp3) is 0.250. The van der Waals surface area contributed by atoms with Crippen LogP contribution in [0.15, 0.2) is 48.5 Å². The molecule has 1 aliphatic rings. The first-order valence-corrected chi connectivity index (χ1v) is 8.46. The molecule has 0 aliphatic carbocycles. The molecule has 0 radical (unpaired) electrons. The minimum atomic E-state index is -0.682. The number of hydrogen-bond acceptors (Lipinski definition) is 5. The smallest absolute Gasteiger partial charge is 0.328 e. The number of nitrogens with zero attached hydrogens (tertiary/aromatic N) is 1. The van der Waals surface area contributed by atoms with Crippen LogP contribution >= 0.6 is 0 Å². The lowest BCUT2D eigenvalue weighted by molar-refractivity contribution is -0.154. The van der Waals surface area contributed by atoms with Gasteiger partial charge in [0.1, 0.15) is 11.8 Å². The summed E-state index contributed by atoms with van der Waals surface area (Å²) >= 11 is 0. The van der Waals surface area contributed by atoms with E-state index < -0.39 is 17.9 Å². The van der Waals surface area contributed by atoms with Crippen molar-refractivity contribution >= 4 is 17.8 Å². The molecular formula is C20H20N2O5. The molecule has 7 heteroatoms. The summed E-state index contributed by atoms with van der Waals surface area (Å²) < 4.78 is 10.4. The van der Waals surface area contributed by atoms with Gasteiger partial charge in [-0.2, -0.15) is 0 Å². The van der Waals surface area contributed by atoms with Crippen molar-refractivity contribution in [2.75, 3.05) is 13.7 Å². The van der Waals surface area contributed by atoms with E-state index in [1.165, 1.54) is 24.1 Å². The van der Waals surface area contributed by atoms with E-state index >= 15 is 0 Å². The van der Waals surface area contributed by atoms with E-state index in [0.29, 0.717) is 24.3 Å². The minimum Gasteiger partial charge on any atom is -0.484 e. The number of ether oxygens (including phenoxy) is 2. The molecule has 0 saturated carbocycles. The molecule has 1 heterocycles. The van der Waals surface area contributed by atoms with Gasteiger partial charge in [0, 0.05) is 18.5 Å². The molecule has 2 N–H and O–H groups in total. The van der Waals surface area contributed by atoms with Gasteiger partial charge in [-0.15, -0.1) is 0 Å². The normalized spacial score (nSPS) is 15.6. The summed E-state index contributed by atoms with van der Waals surface area (Å²) in [7, 11) is 1.31. The summed E-state index contributed by atoms with van der Waals surface area (Å²) in [6, 6.07) is 13.2. The highest BCUT2D eigenvalue weighted by Gasteiger charge is 2.35. The first-order chi connectivity index (χ1) is 13.0. The van der Waals surface area contributed by atoms with E-state index in [4.69, 9.17) is 15.2 Å². The standard InChI is InChI=1S/C20H20N2O5/c1-26-20(25)17-10-14-4-2-3-5-15(14)11-22(17)18(23)12-27-16-8-6-13(7-9-16)19(21)24/h2-9,17H,10-12H2,1H3,(H2,21,24)/t17-/m0/s1. The number of benzene rings is 2. The van der Waals surface area contributed by atoms with Gasteiger partial charge in [0.15, 0.2) is 6.61 Å². The number of rotatable bonds is 5. The molecule has 2 aromatic rings. The number of nitrogens with two attached hydrogens (primary N) is 1. The van der Waals surface area contributed by atoms with Gasteiger partial charge in [0.2, 0.25) is 5.91 Å². The summed E-state index contributed by atoms with van der Waals surface area (Å²) in [6.07, 6.45) is 0.405. The zero-order valence-electron chi connectivity index (χ0n) is 14.9. The van der Waals surface area contributed by atoms with Gasteiger partial charge in [-0.1, -0.05) is 24.3 Å². The number of hydrogen-bond donors (Lipinski definition) is 1. The van der Waals surface area contributed by atoms with Crippen LogP contribution in [0.4, 0.5) is 0 Å². The Labute approximate surface area is 156 Å². The van der Waals surface area contributed by atoms with Crippen LogP contribution in [0.2, 0.25) is 0 Å². The quantitative estimate of drug-likeness (QED) is 0.802. The summed E-state index contributed by atoms with van der Waals surface area (Å²) in [5.74, 6) is -0.881. The van der Waals surface area contributed by atoms with Crippen molar-refractivity contribution in [1.82, 2.24) is 4.90 Å². The summed E-state index contributed by atoms with van der Waals surface area (Å²) in [6.45, 7) is 0.0876. The Morgan fingerprint density at radius 3 is 2.37 bits per heavy atom. The topological polar surface area (TPSA) is 98.9 Å². The van der Waals surface area contributed by atoms with Crippen molar-refractivity contribution in [3.8, 4) is 5.75 Å². The first-order valence-electron chi connectivity index (χ1n) is 8.46. The lowest BCUT2D eigenvalue weighted by Gasteiger charge is -2.35. The van der Waals surface area contributed by atoms with E-state index in [1.54, 1.807) is 12.1 Å². The molecule has 2 amide bonds. The SMILES string of the molecule is COC(=O)[C@@H]1Cc2ccccc2CN1C(=O)COc1ccc(C(N)=O)cc1. The molecule has 0 fully saturated rings. The van der Waals surface area contributed by atoms with Gasteiger partial charge < -0.3 is 20.1 Å². The van der Waals surface area contributed by atoms with E-state index in [0.717, 1.165) is 11.1 Å². The van der Waals surface area contributed by atoms with Crippen LogP contribution in [0.1, 0.15) is 21.5 Å². The molecule has 27 heavy (non-hydrogen) atoms. The third-order valence-electron chi connectivity index (χ3n) is 4.54. The minimum absolute atomic E-state index is 0.231. The molecule has 140 valence electrons. The second-order valence-electron chi connectivity index (χ2n) is 6.21. The van der Waals surface area contributed by atoms with Crippen LogP contribution in [-0.2, 0) is 27.3 Å². The molecular weight excluding hydrogens is 348 g/mol. The molecule has 2 aromatic carbocycles. The molecule has 0 bridgehead atoms. The molecule has 0 spiro atoms. The zero-order valence-corrected chi connectivity index (χ0v) is 14.9. The zero-order chi connectivity index (χ0) is 19.4. The predicted octanol–water partition coefficient (Wildman–Crippen LogP) is 1.29. The van der Waals surface area contributed by atoms with Gasteiger partial charge in [-0.25, -0.2) is 4.79 Å². The Morgan fingerprint density at radius 2 is 1.74 bits per heavy atom. The fourth-order valence-corrected chi connectivity index (χ4v) is 3.08. The summed E-state index contributed by atoms with van der Waals surface area (Å²) in [4.78, 5) is 37.4. The van der Waals surface area contributed by atoms with Crippen molar-refractivity contribution in [1.29, 1.82) is 0 Å². The highest BCUT2D eigenvalue weighted by Crippen LogP contribution is 2.24. The monoisotopic (exact) mass is 368 g/mol. The fourth-order valence-electron chi connectivity index (χ4n) is 3.08. The van der Waals surface area contributed by atoms with E-state index in [9.17, 15) is 14.4 Å². The van der Waals surface area contributed by atoms with Crippen molar-refractivity contribution in [2.24, 2.45) is 5.73 Å². The van der Waals surface area contributed by atoms with Crippen molar-refractivity contribution in [3.05, 3.63) is 65.2 Å². The van der Waals surface area contributed by atoms with Crippen LogP contribution < -0.4 is 10.5 Å². The number of methoxy groups -OCH3 is 1. The predicted molar refractivity (Wildman–Crippen MR) is 97.0 cm³/mol. The average molecular weight is 368 g/mol. The molecule has 1 aliphatic heterocycles. The Balaban J connectivity index is 1.71. The first kappa shape index (κ1) is 18.4. The van der Waals surface area contributed by atoms with Gasteiger partial charge in [-0.05, 0) is 35.4 Å².